The van der Waals surface area contributed by atoms with E-state index >= 15 is 0 Å². The highest BCUT2D eigenvalue weighted by Crippen LogP contribution is 2.30. The minimum Gasteiger partial charge on any atom is -0.434 e. The Morgan fingerprint density at radius 1 is 1.12 bits per heavy atom. The van der Waals surface area contributed by atoms with E-state index < -0.39 is 6.61 Å². The lowest BCUT2D eigenvalue weighted by atomic mass is 10.1. The van der Waals surface area contributed by atoms with E-state index in [9.17, 15) is 13.6 Å². The highest BCUT2D eigenvalue weighted by molar-refractivity contribution is 7.99. The fraction of sp³-hybridized carbons (Fsp3) is 0.348. The van der Waals surface area contributed by atoms with Gasteiger partial charge in [-0.25, -0.2) is 0 Å². The van der Waals surface area contributed by atoms with Crippen LogP contribution in [0.1, 0.15) is 21.5 Å². The van der Waals surface area contributed by atoms with Crippen molar-refractivity contribution in [3.63, 3.8) is 0 Å². The van der Waals surface area contributed by atoms with Gasteiger partial charge in [-0.05, 0) is 43.7 Å². The van der Waals surface area contributed by atoms with Gasteiger partial charge in [0.05, 0.1) is 30.2 Å². The normalized spacial score (nSPS) is 14.0. The van der Waals surface area contributed by atoms with Gasteiger partial charge in [0.25, 0.3) is 0 Å². The predicted molar refractivity (Wildman–Crippen MR) is 122 cm³/mol. The van der Waals surface area contributed by atoms with Crippen LogP contribution in [0.2, 0.25) is 0 Å². The Balaban J connectivity index is 1.62. The van der Waals surface area contributed by atoms with Gasteiger partial charge in [0, 0.05) is 13.1 Å². The van der Waals surface area contributed by atoms with Crippen LogP contribution in [-0.2, 0) is 4.74 Å². The fourth-order valence-corrected chi connectivity index (χ4v) is 4.42. The standard InChI is InChI=1S/C23H24F2N4O3S/c1-15-4-3-5-17(12-15)29-22(28-8-10-31-11-9-28)26-27-23(29)33-14-19(30)18-13-16(2)6-7-20(18)32-21(24)25/h3-7,12-13,21H,8-11,14H2,1-2H3. The molecule has 2 heterocycles. The van der Waals surface area contributed by atoms with Crippen LogP contribution in [0.25, 0.3) is 5.69 Å². The molecule has 0 N–H and O–H groups in total. The second-order valence-electron chi connectivity index (χ2n) is 7.65. The molecule has 0 radical (unpaired) electrons. The Labute approximate surface area is 194 Å². The van der Waals surface area contributed by atoms with Crippen molar-refractivity contribution in [1.29, 1.82) is 0 Å². The molecule has 4 rings (SSSR count). The van der Waals surface area contributed by atoms with Crippen molar-refractivity contribution in [2.45, 2.75) is 25.6 Å². The summed E-state index contributed by atoms with van der Waals surface area (Å²) >= 11 is 1.21. The Kier molecular flexibility index (Phi) is 7.24. The molecular formula is C23H24F2N4O3S. The van der Waals surface area contributed by atoms with Crippen LogP contribution < -0.4 is 9.64 Å². The first kappa shape index (κ1) is 23.2. The zero-order chi connectivity index (χ0) is 23.4. The molecule has 0 aliphatic carbocycles. The number of Topliss-reactive ketones (excluding diaryl/α,β-unsaturated/α-hetero) is 1. The van der Waals surface area contributed by atoms with Gasteiger partial charge in [-0.2, -0.15) is 8.78 Å². The zero-order valence-corrected chi connectivity index (χ0v) is 19.1. The molecule has 3 aromatic rings. The summed E-state index contributed by atoms with van der Waals surface area (Å²) in [5, 5.41) is 9.28. The summed E-state index contributed by atoms with van der Waals surface area (Å²) in [5.41, 5.74) is 2.86. The maximum atomic E-state index is 13.0. The lowest BCUT2D eigenvalue weighted by Crippen LogP contribution is -2.37. The highest BCUT2D eigenvalue weighted by atomic mass is 32.2. The molecule has 33 heavy (non-hydrogen) atoms. The summed E-state index contributed by atoms with van der Waals surface area (Å²) in [6.07, 6.45) is 0. The van der Waals surface area contributed by atoms with E-state index in [0.717, 1.165) is 16.8 Å². The van der Waals surface area contributed by atoms with E-state index in [1.165, 1.54) is 17.8 Å². The maximum Gasteiger partial charge on any atom is 0.387 e. The molecule has 174 valence electrons. The molecule has 0 bridgehead atoms. The van der Waals surface area contributed by atoms with Crippen molar-refractivity contribution in [3.8, 4) is 11.4 Å². The second kappa shape index (κ2) is 10.3. The summed E-state index contributed by atoms with van der Waals surface area (Å²) in [6, 6.07) is 12.5. The number of thioether (sulfide) groups is 1. The van der Waals surface area contributed by atoms with Gasteiger partial charge < -0.3 is 14.4 Å². The van der Waals surface area contributed by atoms with Crippen molar-refractivity contribution < 1.29 is 23.0 Å². The van der Waals surface area contributed by atoms with Crippen LogP contribution in [0.3, 0.4) is 0 Å². The molecule has 0 saturated carbocycles. The van der Waals surface area contributed by atoms with E-state index in [2.05, 4.69) is 19.8 Å². The number of morpholine rings is 1. The third-order valence-corrected chi connectivity index (χ3v) is 6.08. The molecule has 7 nitrogen and oxygen atoms in total. The summed E-state index contributed by atoms with van der Waals surface area (Å²) in [6.45, 7) is 3.35. The highest BCUT2D eigenvalue weighted by Gasteiger charge is 2.23. The number of benzene rings is 2. The number of aryl methyl sites for hydroxylation is 2. The average Bonchev–Trinajstić information content (AvgIpc) is 3.23. The van der Waals surface area contributed by atoms with E-state index in [0.29, 0.717) is 37.4 Å². The van der Waals surface area contributed by atoms with Gasteiger partial charge in [0.2, 0.25) is 5.95 Å². The number of aromatic nitrogens is 3. The second-order valence-corrected chi connectivity index (χ2v) is 8.59. The first-order valence-electron chi connectivity index (χ1n) is 10.5. The summed E-state index contributed by atoms with van der Waals surface area (Å²) in [5.74, 6) is 0.216. The quantitative estimate of drug-likeness (QED) is 0.356. The molecule has 1 saturated heterocycles. The van der Waals surface area contributed by atoms with Crippen LogP contribution >= 0.6 is 11.8 Å². The van der Waals surface area contributed by atoms with Crippen LogP contribution in [-0.4, -0.2) is 59.2 Å². The minimum atomic E-state index is -3.01. The Hall–Kier alpha value is -2.98. The van der Waals surface area contributed by atoms with Gasteiger partial charge >= 0.3 is 6.61 Å². The Morgan fingerprint density at radius 2 is 1.88 bits per heavy atom. The van der Waals surface area contributed by atoms with Crippen LogP contribution in [0.5, 0.6) is 5.75 Å². The van der Waals surface area contributed by atoms with E-state index in [1.807, 2.05) is 35.8 Å². The molecule has 2 aromatic carbocycles. The van der Waals surface area contributed by atoms with Gasteiger partial charge in [-0.3, -0.25) is 9.36 Å². The molecule has 1 aliphatic heterocycles. The van der Waals surface area contributed by atoms with Gasteiger partial charge in [0.1, 0.15) is 5.75 Å². The summed E-state index contributed by atoms with van der Waals surface area (Å²) in [4.78, 5) is 15.0. The molecule has 1 aliphatic rings. The van der Waals surface area contributed by atoms with Crippen molar-refractivity contribution in [2.24, 2.45) is 0 Å². The van der Waals surface area contributed by atoms with E-state index in [-0.39, 0.29) is 22.8 Å². The van der Waals surface area contributed by atoms with Crippen LogP contribution in [0.15, 0.2) is 47.6 Å². The first-order chi connectivity index (χ1) is 15.9. The molecule has 1 fully saturated rings. The fourth-order valence-electron chi connectivity index (χ4n) is 3.59. The smallest absolute Gasteiger partial charge is 0.387 e. The largest absolute Gasteiger partial charge is 0.434 e. The number of carbonyl (C=O) groups excluding carboxylic acids is 1. The summed E-state index contributed by atoms with van der Waals surface area (Å²) in [7, 11) is 0. The third kappa shape index (κ3) is 5.51. The molecule has 0 spiro atoms. The number of ketones is 1. The lowest BCUT2D eigenvalue weighted by Gasteiger charge is -2.28. The molecule has 10 heteroatoms. The number of ether oxygens (including phenoxy) is 2. The number of halogens is 2. The first-order valence-corrected chi connectivity index (χ1v) is 11.5. The number of alkyl halides is 2. The lowest BCUT2D eigenvalue weighted by molar-refractivity contribution is -0.0501. The number of hydrogen-bond acceptors (Lipinski definition) is 7. The number of anilines is 1. The summed E-state index contributed by atoms with van der Waals surface area (Å²) < 4.78 is 37.5. The van der Waals surface area contributed by atoms with Crippen molar-refractivity contribution in [1.82, 2.24) is 14.8 Å². The average molecular weight is 475 g/mol. The topological polar surface area (TPSA) is 69.5 Å². The minimum absolute atomic E-state index is 0.00386. The van der Waals surface area contributed by atoms with Crippen LogP contribution in [0.4, 0.5) is 14.7 Å². The molecule has 0 atom stereocenters. The number of carbonyl (C=O) groups is 1. The monoisotopic (exact) mass is 474 g/mol. The third-order valence-electron chi connectivity index (χ3n) is 5.15. The molecule has 0 unspecified atom stereocenters. The van der Waals surface area contributed by atoms with Crippen molar-refractivity contribution >= 4 is 23.5 Å². The zero-order valence-electron chi connectivity index (χ0n) is 18.3. The predicted octanol–water partition coefficient (Wildman–Crippen LogP) is 4.30. The van der Waals surface area contributed by atoms with Crippen LogP contribution in [0, 0.1) is 13.8 Å². The maximum absolute atomic E-state index is 13.0. The number of hydrogen-bond donors (Lipinski definition) is 0. The van der Waals surface area contributed by atoms with Crippen molar-refractivity contribution in [2.75, 3.05) is 37.0 Å². The van der Waals surface area contributed by atoms with E-state index in [1.54, 1.807) is 19.1 Å². The number of rotatable bonds is 8. The van der Waals surface area contributed by atoms with Gasteiger partial charge in [-0.15, -0.1) is 10.2 Å². The Morgan fingerprint density at radius 3 is 2.61 bits per heavy atom. The molecule has 0 amide bonds. The SMILES string of the molecule is Cc1cccc(-n2c(SCC(=O)c3cc(C)ccc3OC(F)F)nnc2N2CCOCC2)c1. The van der Waals surface area contributed by atoms with Gasteiger partial charge in [0.15, 0.2) is 10.9 Å². The van der Waals surface area contributed by atoms with E-state index in [4.69, 9.17) is 4.74 Å². The molecule has 1 aromatic heterocycles. The van der Waals surface area contributed by atoms with Gasteiger partial charge in [-0.1, -0.05) is 35.5 Å². The van der Waals surface area contributed by atoms with Crippen molar-refractivity contribution in [3.05, 3.63) is 59.2 Å². The Bertz CT molecular complexity index is 1130. The number of nitrogens with zero attached hydrogens (tertiary/aromatic N) is 4. The molecular weight excluding hydrogens is 450 g/mol.